The minimum absolute atomic E-state index is 0.0161. The SMILES string of the molecule is CCCc1nc(N)c(C)c(N2CC(C)OC(CO)C2)n1. The lowest BCUT2D eigenvalue weighted by molar-refractivity contribution is -0.0423. The van der Waals surface area contributed by atoms with Gasteiger partial charge in [-0.3, -0.25) is 0 Å². The van der Waals surface area contributed by atoms with Crippen molar-refractivity contribution in [2.45, 2.75) is 45.8 Å². The molecule has 20 heavy (non-hydrogen) atoms. The number of aryl methyl sites for hydroxylation is 1. The molecular formula is C14H24N4O2. The monoisotopic (exact) mass is 280 g/mol. The van der Waals surface area contributed by atoms with E-state index in [0.717, 1.165) is 36.6 Å². The standard InChI is InChI=1S/C14H24N4O2/c1-4-5-12-16-13(15)10(3)14(17-12)18-6-9(2)20-11(7-18)8-19/h9,11,19H,4-8H2,1-3H3,(H2,15,16,17). The topological polar surface area (TPSA) is 84.5 Å². The van der Waals surface area contributed by atoms with E-state index >= 15 is 0 Å². The Balaban J connectivity index is 2.30. The van der Waals surface area contributed by atoms with Gasteiger partial charge in [0.1, 0.15) is 17.5 Å². The highest BCUT2D eigenvalue weighted by Gasteiger charge is 2.27. The number of nitrogens with zero attached hydrogens (tertiary/aromatic N) is 3. The van der Waals surface area contributed by atoms with E-state index in [1.165, 1.54) is 0 Å². The summed E-state index contributed by atoms with van der Waals surface area (Å²) in [5.41, 5.74) is 6.90. The number of hydrogen-bond donors (Lipinski definition) is 2. The number of nitrogens with two attached hydrogens (primary N) is 1. The van der Waals surface area contributed by atoms with Crippen molar-refractivity contribution in [1.29, 1.82) is 0 Å². The second-order valence-corrected chi connectivity index (χ2v) is 5.38. The van der Waals surface area contributed by atoms with Crippen LogP contribution in [-0.4, -0.2) is 47.0 Å². The summed E-state index contributed by atoms with van der Waals surface area (Å²) in [6.07, 6.45) is 1.69. The average Bonchev–Trinajstić information content (AvgIpc) is 2.42. The summed E-state index contributed by atoms with van der Waals surface area (Å²) in [6, 6.07) is 0. The number of aliphatic hydroxyl groups excluding tert-OH is 1. The molecule has 1 aliphatic rings. The number of morpholine rings is 1. The molecule has 6 heteroatoms. The Morgan fingerprint density at radius 3 is 2.80 bits per heavy atom. The van der Waals surface area contributed by atoms with E-state index in [2.05, 4.69) is 21.8 Å². The van der Waals surface area contributed by atoms with Crippen LogP contribution >= 0.6 is 0 Å². The van der Waals surface area contributed by atoms with Crippen LogP contribution in [0.2, 0.25) is 0 Å². The van der Waals surface area contributed by atoms with Crippen molar-refractivity contribution in [2.24, 2.45) is 0 Å². The Bertz CT molecular complexity index is 467. The Labute approximate surface area is 120 Å². The minimum Gasteiger partial charge on any atom is -0.394 e. The zero-order chi connectivity index (χ0) is 14.7. The van der Waals surface area contributed by atoms with Gasteiger partial charge in [0.2, 0.25) is 0 Å². The molecule has 6 nitrogen and oxygen atoms in total. The molecule has 2 heterocycles. The Morgan fingerprint density at radius 1 is 1.40 bits per heavy atom. The molecule has 3 N–H and O–H groups in total. The Kier molecular flexibility index (Phi) is 4.77. The van der Waals surface area contributed by atoms with E-state index in [-0.39, 0.29) is 18.8 Å². The average molecular weight is 280 g/mol. The first kappa shape index (κ1) is 15.0. The second kappa shape index (κ2) is 6.37. The molecule has 0 bridgehead atoms. The molecule has 1 aromatic heterocycles. The van der Waals surface area contributed by atoms with Crippen molar-refractivity contribution in [1.82, 2.24) is 9.97 Å². The number of anilines is 2. The summed E-state index contributed by atoms with van der Waals surface area (Å²) < 4.78 is 5.67. The van der Waals surface area contributed by atoms with Crippen LogP contribution in [0.5, 0.6) is 0 Å². The zero-order valence-corrected chi connectivity index (χ0v) is 12.5. The van der Waals surface area contributed by atoms with E-state index in [1.54, 1.807) is 0 Å². The van der Waals surface area contributed by atoms with Gasteiger partial charge in [0.05, 0.1) is 18.8 Å². The van der Waals surface area contributed by atoms with Crippen LogP contribution in [0, 0.1) is 6.92 Å². The molecule has 1 aliphatic heterocycles. The van der Waals surface area contributed by atoms with E-state index in [4.69, 9.17) is 10.5 Å². The van der Waals surface area contributed by atoms with Gasteiger partial charge in [-0.25, -0.2) is 9.97 Å². The summed E-state index contributed by atoms with van der Waals surface area (Å²) in [5.74, 6) is 2.19. The number of nitrogen functional groups attached to an aromatic ring is 1. The number of aromatic nitrogens is 2. The van der Waals surface area contributed by atoms with Crippen molar-refractivity contribution in [3.8, 4) is 0 Å². The van der Waals surface area contributed by atoms with Crippen LogP contribution < -0.4 is 10.6 Å². The predicted molar refractivity (Wildman–Crippen MR) is 78.8 cm³/mol. The first-order valence-electron chi connectivity index (χ1n) is 7.19. The number of aliphatic hydroxyl groups is 1. The smallest absolute Gasteiger partial charge is 0.137 e. The zero-order valence-electron chi connectivity index (χ0n) is 12.5. The third kappa shape index (κ3) is 3.19. The molecule has 0 spiro atoms. The maximum Gasteiger partial charge on any atom is 0.137 e. The lowest BCUT2D eigenvalue weighted by Gasteiger charge is -2.37. The minimum atomic E-state index is -0.177. The maximum absolute atomic E-state index is 9.33. The van der Waals surface area contributed by atoms with Crippen LogP contribution in [0.1, 0.15) is 31.7 Å². The molecule has 1 fully saturated rings. The molecule has 0 amide bonds. The predicted octanol–water partition coefficient (Wildman–Crippen LogP) is 0.906. The van der Waals surface area contributed by atoms with E-state index in [1.807, 2.05) is 13.8 Å². The van der Waals surface area contributed by atoms with Crippen LogP contribution in [0.3, 0.4) is 0 Å². The molecule has 0 aliphatic carbocycles. The second-order valence-electron chi connectivity index (χ2n) is 5.38. The van der Waals surface area contributed by atoms with Gasteiger partial charge in [0.25, 0.3) is 0 Å². The van der Waals surface area contributed by atoms with Gasteiger partial charge < -0.3 is 20.5 Å². The Morgan fingerprint density at radius 2 is 2.15 bits per heavy atom. The molecule has 112 valence electrons. The quantitative estimate of drug-likeness (QED) is 0.852. The van der Waals surface area contributed by atoms with Crippen molar-refractivity contribution in [3.05, 3.63) is 11.4 Å². The highest BCUT2D eigenvalue weighted by atomic mass is 16.5. The molecule has 1 aromatic rings. The van der Waals surface area contributed by atoms with Crippen molar-refractivity contribution in [3.63, 3.8) is 0 Å². The molecule has 2 atom stereocenters. The fourth-order valence-electron chi connectivity index (χ4n) is 2.53. The first-order valence-corrected chi connectivity index (χ1v) is 7.19. The van der Waals surface area contributed by atoms with Crippen LogP contribution in [-0.2, 0) is 11.2 Å². The van der Waals surface area contributed by atoms with Crippen molar-refractivity contribution in [2.75, 3.05) is 30.3 Å². The van der Waals surface area contributed by atoms with Gasteiger partial charge in [-0.1, -0.05) is 6.92 Å². The molecular weight excluding hydrogens is 256 g/mol. The van der Waals surface area contributed by atoms with Gasteiger partial charge >= 0.3 is 0 Å². The summed E-state index contributed by atoms with van der Waals surface area (Å²) in [5, 5.41) is 9.33. The fourth-order valence-corrected chi connectivity index (χ4v) is 2.53. The molecule has 2 rings (SSSR count). The largest absolute Gasteiger partial charge is 0.394 e. The normalized spacial score (nSPS) is 23.1. The number of ether oxygens (including phenoxy) is 1. The maximum atomic E-state index is 9.33. The first-order chi connectivity index (χ1) is 9.55. The van der Waals surface area contributed by atoms with Crippen LogP contribution in [0.15, 0.2) is 0 Å². The van der Waals surface area contributed by atoms with Gasteiger partial charge in [-0.2, -0.15) is 0 Å². The van der Waals surface area contributed by atoms with E-state index in [9.17, 15) is 5.11 Å². The summed E-state index contributed by atoms with van der Waals surface area (Å²) in [6.45, 7) is 7.43. The van der Waals surface area contributed by atoms with Gasteiger partial charge in [-0.05, 0) is 20.3 Å². The third-order valence-corrected chi connectivity index (χ3v) is 3.51. The summed E-state index contributed by atoms with van der Waals surface area (Å²) in [7, 11) is 0. The highest BCUT2D eigenvalue weighted by Crippen LogP contribution is 2.25. The Hall–Kier alpha value is -1.40. The molecule has 0 aromatic carbocycles. The summed E-state index contributed by atoms with van der Waals surface area (Å²) >= 11 is 0. The van der Waals surface area contributed by atoms with Gasteiger partial charge in [0.15, 0.2) is 0 Å². The van der Waals surface area contributed by atoms with Gasteiger partial charge in [0, 0.05) is 25.1 Å². The van der Waals surface area contributed by atoms with Gasteiger partial charge in [-0.15, -0.1) is 0 Å². The molecule has 1 saturated heterocycles. The lowest BCUT2D eigenvalue weighted by atomic mass is 10.2. The van der Waals surface area contributed by atoms with Crippen LogP contribution in [0.4, 0.5) is 11.6 Å². The third-order valence-electron chi connectivity index (χ3n) is 3.51. The number of rotatable bonds is 4. The van der Waals surface area contributed by atoms with E-state index < -0.39 is 0 Å². The molecule has 2 unspecified atom stereocenters. The fraction of sp³-hybridized carbons (Fsp3) is 0.714. The van der Waals surface area contributed by atoms with E-state index in [0.29, 0.717) is 12.4 Å². The van der Waals surface area contributed by atoms with Crippen LogP contribution in [0.25, 0.3) is 0 Å². The molecule has 0 radical (unpaired) electrons. The van der Waals surface area contributed by atoms with Crippen molar-refractivity contribution >= 4 is 11.6 Å². The summed E-state index contributed by atoms with van der Waals surface area (Å²) in [4.78, 5) is 11.1. The molecule has 0 saturated carbocycles. The highest BCUT2D eigenvalue weighted by molar-refractivity contribution is 5.56. The number of hydrogen-bond acceptors (Lipinski definition) is 6. The lowest BCUT2D eigenvalue weighted by Crippen LogP contribution is -2.48. The van der Waals surface area contributed by atoms with Crippen molar-refractivity contribution < 1.29 is 9.84 Å².